The van der Waals surface area contributed by atoms with Crippen LogP contribution in [0.3, 0.4) is 0 Å². The summed E-state index contributed by atoms with van der Waals surface area (Å²) < 4.78 is 0. The van der Waals surface area contributed by atoms with E-state index in [1.165, 1.54) is 0 Å². The van der Waals surface area contributed by atoms with Gasteiger partial charge < -0.3 is 9.80 Å². The molecule has 0 saturated carbocycles. The lowest BCUT2D eigenvalue weighted by Crippen LogP contribution is -2.47. The second kappa shape index (κ2) is 7.05. The summed E-state index contributed by atoms with van der Waals surface area (Å²) in [6.07, 6.45) is 3.97. The minimum atomic E-state index is -0.0580. The van der Waals surface area contributed by atoms with Gasteiger partial charge in [-0.05, 0) is 44.0 Å². The summed E-state index contributed by atoms with van der Waals surface area (Å²) in [7, 11) is 0. The van der Waals surface area contributed by atoms with Gasteiger partial charge in [-0.3, -0.25) is 14.6 Å². The highest BCUT2D eigenvalue weighted by atomic mass is 16.2. The quantitative estimate of drug-likeness (QED) is 0.862. The largest absolute Gasteiger partial charge is 0.336 e. The standard InChI is InChI=1S/C20H23N3O2/c1-4-22(15(3)24)19-12-14(2)23(18-10-6-5-9-17(18)19)20(25)16-8-7-11-21-13-16/h5-11,13-14,19H,4,12H2,1-3H3. The van der Waals surface area contributed by atoms with Crippen LogP contribution >= 0.6 is 0 Å². The van der Waals surface area contributed by atoms with E-state index in [1.807, 2.05) is 47.9 Å². The predicted octanol–water partition coefficient (Wildman–Crippen LogP) is 3.43. The minimum absolute atomic E-state index is 0.00773. The van der Waals surface area contributed by atoms with Gasteiger partial charge in [0, 0.05) is 37.6 Å². The molecule has 0 radical (unpaired) electrons. The summed E-state index contributed by atoms with van der Waals surface area (Å²) in [5, 5.41) is 0. The molecule has 0 aliphatic carbocycles. The summed E-state index contributed by atoms with van der Waals surface area (Å²) in [6, 6.07) is 11.4. The summed E-state index contributed by atoms with van der Waals surface area (Å²) in [5.41, 5.74) is 2.47. The molecule has 0 fully saturated rings. The molecule has 1 aliphatic heterocycles. The molecule has 5 heteroatoms. The summed E-state index contributed by atoms with van der Waals surface area (Å²) in [5.74, 6) is -0.00101. The van der Waals surface area contributed by atoms with Crippen LogP contribution in [-0.2, 0) is 4.79 Å². The second-order valence-corrected chi connectivity index (χ2v) is 6.38. The van der Waals surface area contributed by atoms with E-state index < -0.39 is 0 Å². The molecule has 25 heavy (non-hydrogen) atoms. The summed E-state index contributed by atoms with van der Waals surface area (Å²) >= 11 is 0. The van der Waals surface area contributed by atoms with E-state index in [9.17, 15) is 9.59 Å². The second-order valence-electron chi connectivity index (χ2n) is 6.38. The fourth-order valence-electron chi connectivity index (χ4n) is 3.68. The highest BCUT2D eigenvalue weighted by Gasteiger charge is 2.36. The molecule has 3 rings (SSSR count). The van der Waals surface area contributed by atoms with E-state index in [-0.39, 0.29) is 23.9 Å². The van der Waals surface area contributed by atoms with Crippen molar-refractivity contribution in [3.05, 3.63) is 59.9 Å². The number of amides is 2. The summed E-state index contributed by atoms with van der Waals surface area (Å²) in [6.45, 7) is 6.27. The molecule has 2 unspecified atom stereocenters. The molecule has 2 heterocycles. The Balaban J connectivity index is 2.04. The van der Waals surface area contributed by atoms with Gasteiger partial charge in [-0.25, -0.2) is 0 Å². The SMILES string of the molecule is CCN(C(C)=O)C1CC(C)N(C(=O)c2cccnc2)c2ccccc21. The summed E-state index contributed by atoms with van der Waals surface area (Å²) in [4.78, 5) is 32.9. The van der Waals surface area contributed by atoms with Gasteiger partial charge in [0.25, 0.3) is 5.91 Å². The van der Waals surface area contributed by atoms with E-state index in [4.69, 9.17) is 0 Å². The van der Waals surface area contributed by atoms with Gasteiger partial charge in [0.05, 0.1) is 11.6 Å². The Morgan fingerprint density at radius 1 is 1.24 bits per heavy atom. The number of aromatic nitrogens is 1. The number of nitrogens with zero attached hydrogens (tertiary/aromatic N) is 3. The maximum atomic E-state index is 13.1. The Morgan fingerprint density at radius 2 is 2.00 bits per heavy atom. The molecule has 130 valence electrons. The van der Waals surface area contributed by atoms with Crippen LogP contribution in [0.25, 0.3) is 0 Å². The van der Waals surface area contributed by atoms with Gasteiger partial charge in [0.2, 0.25) is 5.91 Å². The Bertz CT molecular complexity index is 776. The van der Waals surface area contributed by atoms with Crippen molar-refractivity contribution < 1.29 is 9.59 Å². The van der Waals surface area contributed by atoms with E-state index in [1.54, 1.807) is 31.5 Å². The van der Waals surface area contributed by atoms with Crippen molar-refractivity contribution in [3.8, 4) is 0 Å². The Hall–Kier alpha value is -2.69. The van der Waals surface area contributed by atoms with Crippen LogP contribution in [0.1, 0.15) is 49.2 Å². The average molecular weight is 337 g/mol. The molecule has 0 bridgehead atoms. The van der Waals surface area contributed by atoms with Crippen LogP contribution in [0.2, 0.25) is 0 Å². The number of carbonyl (C=O) groups excluding carboxylic acids is 2. The molecule has 1 aromatic heterocycles. The number of hydrogen-bond donors (Lipinski definition) is 0. The van der Waals surface area contributed by atoms with E-state index in [0.29, 0.717) is 12.1 Å². The van der Waals surface area contributed by atoms with Crippen LogP contribution in [0.4, 0.5) is 5.69 Å². The molecule has 0 N–H and O–H groups in total. The van der Waals surface area contributed by atoms with E-state index >= 15 is 0 Å². The molecule has 2 atom stereocenters. The number of hydrogen-bond acceptors (Lipinski definition) is 3. The van der Waals surface area contributed by atoms with Crippen LogP contribution in [0, 0.1) is 0 Å². The lowest BCUT2D eigenvalue weighted by Gasteiger charge is -2.43. The van der Waals surface area contributed by atoms with Crippen LogP contribution in [0.5, 0.6) is 0 Å². The van der Waals surface area contributed by atoms with Gasteiger partial charge in [0.15, 0.2) is 0 Å². The molecular weight excluding hydrogens is 314 g/mol. The zero-order valence-electron chi connectivity index (χ0n) is 14.8. The van der Waals surface area contributed by atoms with Crippen molar-refractivity contribution >= 4 is 17.5 Å². The molecule has 0 spiro atoms. The van der Waals surface area contributed by atoms with Crippen molar-refractivity contribution in [2.75, 3.05) is 11.4 Å². The van der Waals surface area contributed by atoms with Crippen molar-refractivity contribution in [3.63, 3.8) is 0 Å². The number of pyridine rings is 1. The fraction of sp³-hybridized carbons (Fsp3) is 0.350. The smallest absolute Gasteiger partial charge is 0.260 e. The Labute approximate surface area is 148 Å². The minimum Gasteiger partial charge on any atom is -0.336 e. The van der Waals surface area contributed by atoms with Gasteiger partial charge in [-0.2, -0.15) is 0 Å². The zero-order valence-corrected chi connectivity index (χ0v) is 14.8. The van der Waals surface area contributed by atoms with Crippen LogP contribution < -0.4 is 4.90 Å². The number of para-hydroxylation sites is 1. The van der Waals surface area contributed by atoms with Crippen LogP contribution in [-0.4, -0.2) is 34.3 Å². The third kappa shape index (κ3) is 3.14. The molecule has 2 aromatic rings. The van der Waals surface area contributed by atoms with Crippen molar-refractivity contribution in [2.45, 2.75) is 39.3 Å². The third-order valence-electron chi connectivity index (χ3n) is 4.81. The molecular formula is C20H23N3O2. The average Bonchev–Trinajstić information content (AvgIpc) is 2.62. The van der Waals surface area contributed by atoms with Gasteiger partial charge in [-0.1, -0.05) is 18.2 Å². The van der Waals surface area contributed by atoms with Gasteiger partial charge >= 0.3 is 0 Å². The molecule has 1 aliphatic rings. The number of benzene rings is 1. The maximum Gasteiger partial charge on any atom is 0.260 e. The number of rotatable bonds is 3. The number of carbonyl (C=O) groups is 2. The predicted molar refractivity (Wildman–Crippen MR) is 97.4 cm³/mol. The zero-order chi connectivity index (χ0) is 18.0. The van der Waals surface area contributed by atoms with Crippen molar-refractivity contribution in [1.29, 1.82) is 0 Å². The highest BCUT2D eigenvalue weighted by Crippen LogP contribution is 2.40. The number of fused-ring (bicyclic) bond motifs is 1. The number of anilines is 1. The first-order valence-electron chi connectivity index (χ1n) is 8.64. The van der Waals surface area contributed by atoms with E-state index in [2.05, 4.69) is 4.98 Å². The first-order chi connectivity index (χ1) is 12.0. The Kier molecular flexibility index (Phi) is 4.83. The highest BCUT2D eigenvalue weighted by molar-refractivity contribution is 6.07. The normalized spacial score (nSPS) is 19.2. The lowest BCUT2D eigenvalue weighted by atomic mass is 9.90. The molecule has 2 amide bonds. The molecule has 1 aromatic carbocycles. The van der Waals surface area contributed by atoms with Crippen molar-refractivity contribution in [1.82, 2.24) is 9.88 Å². The fourth-order valence-corrected chi connectivity index (χ4v) is 3.68. The van der Waals surface area contributed by atoms with Crippen molar-refractivity contribution in [2.24, 2.45) is 0 Å². The van der Waals surface area contributed by atoms with E-state index in [0.717, 1.165) is 17.7 Å². The Morgan fingerprint density at radius 3 is 2.64 bits per heavy atom. The maximum absolute atomic E-state index is 13.1. The third-order valence-corrected chi connectivity index (χ3v) is 4.81. The van der Waals surface area contributed by atoms with Crippen LogP contribution in [0.15, 0.2) is 48.8 Å². The van der Waals surface area contributed by atoms with Gasteiger partial charge in [0.1, 0.15) is 0 Å². The van der Waals surface area contributed by atoms with Gasteiger partial charge in [-0.15, -0.1) is 0 Å². The first kappa shape index (κ1) is 17.1. The monoisotopic (exact) mass is 337 g/mol. The topological polar surface area (TPSA) is 53.5 Å². The molecule has 5 nitrogen and oxygen atoms in total. The molecule has 0 saturated heterocycles. The first-order valence-corrected chi connectivity index (χ1v) is 8.64. The lowest BCUT2D eigenvalue weighted by molar-refractivity contribution is -0.131.